The van der Waals surface area contributed by atoms with Crippen LogP contribution in [0, 0.1) is 5.92 Å². The summed E-state index contributed by atoms with van der Waals surface area (Å²) in [5.41, 5.74) is 2.14. The summed E-state index contributed by atoms with van der Waals surface area (Å²) < 4.78 is 5.35. The topological polar surface area (TPSA) is 37.4 Å². The van der Waals surface area contributed by atoms with Gasteiger partial charge in [0.25, 0.3) is 0 Å². The van der Waals surface area contributed by atoms with Crippen LogP contribution in [-0.4, -0.2) is 32.7 Å². The number of pyridine rings is 1. The van der Waals surface area contributed by atoms with Crippen molar-refractivity contribution in [2.45, 2.75) is 25.7 Å². The van der Waals surface area contributed by atoms with Crippen molar-refractivity contribution in [3.63, 3.8) is 0 Å². The molecule has 1 N–H and O–H groups in total. The Hall–Kier alpha value is -1.45. The maximum atomic E-state index is 5.35. The Labute approximate surface area is 109 Å². The van der Waals surface area contributed by atoms with Gasteiger partial charge in [-0.3, -0.25) is 0 Å². The number of anilines is 2. The van der Waals surface area contributed by atoms with Crippen LogP contribution in [0.2, 0.25) is 0 Å². The molecule has 0 aromatic carbocycles. The summed E-state index contributed by atoms with van der Waals surface area (Å²) in [5, 5.41) is 3.53. The van der Waals surface area contributed by atoms with E-state index in [9.17, 15) is 0 Å². The lowest BCUT2D eigenvalue weighted by molar-refractivity contribution is 0.399. The Morgan fingerprint density at radius 2 is 2.11 bits per heavy atom. The maximum Gasteiger partial charge on any atom is 0.239 e. The summed E-state index contributed by atoms with van der Waals surface area (Å²) in [7, 11) is 5.74. The van der Waals surface area contributed by atoms with Crippen LogP contribution in [0.3, 0.4) is 0 Å². The van der Waals surface area contributed by atoms with Gasteiger partial charge in [0.2, 0.25) is 5.88 Å². The standard InChI is InChI=1S/C14H23N3O/c1-17(2)12-8-9-15-14(18-3)13(12)16-10-11-6-4-5-7-11/h8-9,11,16H,4-7,10H2,1-3H3. The quantitative estimate of drug-likeness (QED) is 0.870. The van der Waals surface area contributed by atoms with Gasteiger partial charge in [-0.2, -0.15) is 0 Å². The third kappa shape index (κ3) is 2.86. The van der Waals surface area contributed by atoms with Crippen LogP contribution in [0.4, 0.5) is 11.4 Å². The third-order valence-corrected chi connectivity index (χ3v) is 3.61. The minimum Gasteiger partial charge on any atom is -0.479 e. The van der Waals surface area contributed by atoms with Crippen LogP contribution < -0.4 is 15.0 Å². The molecule has 1 fully saturated rings. The molecule has 0 amide bonds. The fourth-order valence-corrected chi connectivity index (χ4v) is 2.59. The molecule has 1 aliphatic rings. The van der Waals surface area contributed by atoms with Crippen molar-refractivity contribution in [3.05, 3.63) is 12.3 Å². The van der Waals surface area contributed by atoms with E-state index in [0.717, 1.165) is 23.8 Å². The zero-order chi connectivity index (χ0) is 13.0. The number of ether oxygens (including phenoxy) is 1. The van der Waals surface area contributed by atoms with Crippen LogP contribution in [0.1, 0.15) is 25.7 Å². The summed E-state index contributed by atoms with van der Waals surface area (Å²) in [6, 6.07) is 2.01. The lowest BCUT2D eigenvalue weighted by Gasteiger charge is -2.21. The van der Waals surface area contributed by atoms with E-state index in [1.165, 1.54) is 25.7 Å². The van der Waals surface area contributed by atoms with E-state index in [-0.39, 0.29) is 0 Å². The number of methoxy groups -OCH3 is 1. The van der Waals surface area contributed by atoms with Gasteiger partial charge >= 0.3 is 0 Å². The predicted octanol–water partition coefficient (Wildman–Crippen LogP) is 2.76. The number of hydrogen-bond acceptors (Lipinski definition) is 4. The maximum absolute atomic E-state index is 5.35. The van der Waals surface area contributed by atoms with Crippen molar-refractivity contribution in [1.82, 2.24) is 4.98 Å². The Morgan fingerprint density at radius 1 is 1.39 bits per heavy atom. The molecule has 18 heavy (non-hydrogen) atoms. The van der Waals surface area contributed by atoms with Gasteiger partial charge in [0.15, 0.2) is 0 Å². The van der Waals surface area contributed by atoms with Crippen LogP contribution in [0.15, 0.2) is 12.3 Å². The Balaban J connectivity index is 2.12. The highest BCUT2D eigenvalue weighted by Crippen LogP contribution is 2.33. The Morgan fingerprint density at radius 3 is 2.72 bits per heavy atom. The van der Waals surface area contributed by atoms with E-state index >= 15 is 0 Å². The molecule has 0 saturated heterocycles. The highest BCUT2D eigenvalue weighted by atomic mass is 16.5. The molecular formula is C14H23N3O. The lowest BCUT2D eigenvalue weighted by atomic mass is 10.1. The molecule has 0 bridgehead atoms. The second kappa shape index (κ2) is 5.94. The molecule has 0 unspecified atom stereocenters. The lowest BCUT2D eigenvalue weighted by Crippen LogP contribution is -2.17. The van der Waals surface area contributed by atoms with Crippen LogP contribution in [0.25, 0.3) is 0 Å². The van der Waals surface area contributed by atoms with E-state index < -0.39 is 0 Å². The minimum atomic E-state index is 0.680. The summed E-state index contributed by atoms with van der Waals surface area (Å²) in [6.07, 6.45) is 7.21. The van der Waals surface area contributed by atoms with E-state index in [1.807, 2.05) is 20.2 Å². The fourth-order valence-electron chi connectivity index (χ4n) is 2.59. The van der Waals surface area contributed by atoms with Crippen molar-refractivity contribution >= 4 is 11.4 Å². The highest BCUT2D eigenvalue weighted by Gasteiger charge is 2.17. The van der Waals surface area contributed by atoms with Crippen molar-refractivity contribution < 1.29 is 4.74 Å². The summed E-state index contributed by atoms with van der Waals surface area (Å²) in [5.74, 6) is 1.48. The molecule has 0 atom stereocenters. The van der Waals surface area contributed by atoms with Gasteiger partial charge in [0, 0.05) is 26.8 Å². The first-order valence-corrected chi connectivity index (χ1v) is 6.66. The van der Waals surface area contributed by atoms with Gasteiger partial charge in [0.05, 0.1) is 12.8 Å². The summed E-state index contributed by atoms with van der Waals surface area (Å²) in [4.78, 5) is 6.36. The van der Waals surface area contributed by atoms with Gasteiger partial charge in [-0.25, -0.2) is 4.98 Å². The predicted molar refractivity (Wildman–Crippen MR) is 75.6 cm³/mol. The van der Waals surface area contributed by atoms with Gasteiger partial charge in [-0.05, 0) is 24.8 Å². The molecular weight excluding hydrogens is 226 g/mol. The SMILES string of the molecule is COc1nccc(N(C)C)c1NCC1CCCC1. The summed E-state index contributed by atoms with van der Waals surface area (Å²) in [6.45, 7) is 1.02. The van der Waals surface area contributed by atoms with Crippen molar-refractivity contribution in [2.75, 3.05) is 38.0 Å². The van der Waals surface area contributed by atoms with Crippen molar-refractivity contribution in [2.24, 2.45) is 5.92 Å². The molecule has 1 aromatic heterocycles. The van der Waals surface area contributed by atoms with E-state index in [1.54, 1.807) is 13.3 Å². The highest BCUT2D eigenvalue weighted by molar-refractivity contribution is 5.74. The van der Waals surface area contributed by atoms with Gasteiger partial charge in [-0.1, -0.05) is 12.8 Å². The first-order chi connectivity index (χ1) is 8.72. The van der Waals surface area contributed by atoms with Gasteiger partial charge in [0.1, 0.15) is 5.69 Å². The van der Waals surface area contributed by atoms with Gasteiger partial charge in [-0.15, -0.1) is 0 Å². The molecule has 2 rings (SSSR count). The normalized spacial score (nSPS) is 15.7. The zero-order valence-electron chi connectivity index (χ0n) is 11.6. The first-order valence-electron chi connectivity index (χ1n) is 6.66. The zero-order valence-corrected chi connectivity index (χ0v) is 11.6. The van der Waals surface area contributed by atoms with Crippen LogP contribution in [0.5, 0.6) is 5.88 Å². The third-order valence-electron chi connectivity index (χ3n) is 3.61. The molecule has 0 aliphatic heterocycles. The molecule has 1 aromatic rings. The Bertz CT molecular complexity index is 387. The molecule has 0 spiro atoms. The Kier molecular flexibility index (Phi) is 4.28. The molecule has 1 aliphatic carbocycles. The van der Waals surface area contributed by atoms with Crippen molar-refractivity contribution in [1.29, 1.82) is 0 Å². The minimum absolute atomic E-state index is 0.680. The average molecular weight is 249 g/mol. The van der Waals surface area contributed by atoms with E-state index in [2.05, 4.69) is 15.2 Å². The number of rotatable bonds is 5. The molecule has 0 radical (unpaired) electrons. The second-order valence-corrected chi connectivity index (χ2v) is 5.14. The smallest absolute Gasteiger partial charge is 0.239 e. The molecule has 4 nitrogen and oxygen atoms in total. The largest absolute Gasteiger partial charge is 0.479 e. The summed E-state index contributed by atoms with van der Waals surface area (Å²) >= 11 is 0. The van der Waals surface area contributed by atoms with Crippen LogP contribution >= 0.6 is 0 Å². The second-order valence-electron chi connectivity index (χ2n) is 5.14. The average Bonchev–Trinajstić information content (AvgIpc) is 2.88. The number of hydrogen-bond donors (Lipinski definition) is 1. The first kappa shape index (κ1) is 13.0. The van der Waals surface area contributed by atoms with Crippen molar-refractivity contribution in [3.8, 4) is 5.88 Å². The number of aromatic nitrogens is 1. The van der Waals surface area contributed by atoms with E-state index in [4.69, 9.17) is 4.74 Å². The number of nitrogens with zero attached hydrogens (tertiary/aromatic N) is 2. The van der Waals surface area contributed by atoms with Crippen LogP contribution in [-0.2, 0) is 0 Å². The molecule has 100 valence electrons. The van der Waals surface area contributed by atoms with E-state index in [0.29, 0.717) is 5.88 Å². The number of nitrogens with one attached hydrogen (secondary N) is 1. The molecule has 1 heterocycles. The fraction of sp³-hybridized carbons (Fsp3) is 0.643. The molecule has 4 heteroatoms. The van der Waals surface area contributed by atoms with Gasteiger partial charge < -0.3 is 15.0 Å². The monoisotopic (exact) mass is 249 g/mol. The molecule has 1 saturated carbocycles.